The van der Waals surface area contributed by atoms with Crippen molar-refractivity contribution >= 4 is 11.8 Å². The smallest absolute Gasteiger partial charge is 0.312 e. The van der Waals surface area contributed by atoms with E-state index in [9.17, 15) is 9.59 Å². The second-order valence-electron chi connectivity index (χ2n) is 6.85. The van der Waals surface area contributed by atoms with Crippen LogP contribution < -0.4 is 5.32 Å². The van der Waals surface area contributed by atoms with Crippen molar-refractivity contribution < 1.29 is 9.59 Å². The Hall–Kier alpha value is -1.14. The van der Waals surface area contributed by atoms with E-state index >= 15 is 0 Å². The number of carbonyl (C=O) groups is 2. The molecule has 0 atom stereocenters. The van der Waals surface area contributed by atoms with Crippen LogP contribution in [0.4, 0.5) is 0 Å². The fraction of sp³-hybridized carbons (Fsp3) is 0.867. The fourth-order valence-electron chi connectivity index (χ4n) is 2.90. The Bertz CT molecular complexity index is 376. The van der Waals surface area contributed by atoms with Gasteiger partial charge in [0.2, 0.25) is 0 Å². The van der Waals surface area contributed by atoms with Gasteiger partial charge in [-0.3, -0.25) is 14.5 Å². The Labute approximate surface area is 127 Å². The predicted octanol–water partition coefficient (Wildman–Crippen LogP) is -0.249. The van der Waals surface area contributed by atoms with Crippen molar-refractivity contribution in [1.29, 1.82) is 0 Å². The molecule has 1 N–H and O–H groups in total. The molecule has 2 rings (SSSR count). The maximum atomic E-state index is 12.4. The first-order valence-corrected chi connectivity index (χ1v) is 7.93. The summed E-state index contributed by atoms with van der Waals surface area (Å²) in [5.41, 5.74) is 0.121. The summed E-state index contributed by atoms with van der Waals surface area (Å²) in [7, 11) is 0. The zero-order valence-corrected chi connectivity index (χ0v) is 13.5. The molecule has 120 valence electrons. The van der Waals surface area contributed by atoms with E-state index in [4.69, 9.17) is 0 Å². The number of amides is 2. The molecule has 2 aliphatic heterocycles. The van der Waals surface area contributed by atoms with Crippen molar-refractivity contribution in [3.05, 3.63) is 0 Å². The highest BCUT2D eigenvalue weighted by atomic mass is 16.2. The molecule has 6 nitrogen and oxygen atoms in total. The van der Waals surface area contributed by atoms with E-state index in [1.165, 1.54) is 0 Å². The van der Waals surface area contributed by atoms with E-state index in [2.05, 4.69) is 31.0 Å². The Morgan fingerprint density at radius 3 is 1.95 bits per heavy atom. The summed E-state index contributed by atoms with van der Waals surface area (Å²) in [5.74, 6) is -0.659. The molecule has 0 radical (unpaired) electrons. The van der Waals surface area contributed by atoms with Gasteiger partial charge >= 0.3 is 11.8 Å². The molecule has 0 aliphatic carbocycles. The summed E-state index contributed by atoms with van der Waals surface area (Å²) in [5, 5.41) is 3.25. The van der Waals surface area contributed by atoms with E-state index in [-0.39, 0.29) is 17.4 Å². The molecule has 0 bridgehead atoms. The number of rotatable bonds is 0. The molecule has 0 aromatic heterocycles. The van der Waals surface area contributed by atoms with Gasteiger partial charge in [0.1, 0.15) is 0 Å². The van der Waals surface area contributed by atoms with Gasteiger partial charge in [0.25, 0.3) is 0 Å². The second-order valence-corrected chi connectivity index (χ2v) is 6.85. The van der Waals surface area contributed by atoms with Gasteiger partial charge in [-0.05, 0) is 33.7 Å². The van der Waals surface area contributed by atoms with Gasteiger partial charge in [-0.25, -0.2) is 0 Å². The molecular weight excluding hydrogens is 268 g/mol. The fourth-order valence-corrected chi connectivity index (χ4v) is 2.90. The summed E-state index contributed by atoms with van der Waals surface area (Å²) in [6, 6.07) is 0. The van der Waals surface area contributed by atoms with Crippen LogP contribution in [-0.4, -0.2) is 84.4 Å². The molecule has 0 aromatic carbocycles. The van der Waals surface area contributed by atoms with Gasteiger partial charge in [0.15, 0.2) is 0 Å². The molecule has 2 fully saturated rings. The van der Waals surface area contributed by atoms with Crippen LogP contribution in [0.5, 0.6) is 0 Å². The highest BCUT2D eigenvalue weighted by Crippen LogP contribution is 2.16. The molecule has 2 aliphatic rings. The van der Waals surface area contributed by atoms with Crippen LogP contribution in [-0.2, 0) is 9.59 Å². The highest BCUT2D eigenvalue weighted by molar-refractivity contribution is 6.34. The molecule has 2 heterocycles. The first-order chi connectivity index (χ1) is 9.89. The Morgan fingerprint density at radius 2 is 1.38 bits per heavy atom. The third-order valence-electron chi connectivity index (χ3n) is 4.33. The minimum Gasteiger partial charge on any atom is -0.333 e. The average molecular weight is 296 g/mol. The Morgan fingerprint density at radius 1 is 0.810 bits per heavy atom. The molecule has 21 heavy (non-hydrogen) atoms. The third-order valence-corrected chi connectivity index (χ3v) is 4.33. The van der Waals surface area contributed by atoms with Crippen LogP contribution in [0.25, 0.3) is 0 Å². The van der Waals surface area contributed by atoms with E-state index in [0.29, 0.717) is 26.2 Å². The van der Waals surface area contributed by atoms with Crippen molar-refractivity contribution in [3.63, 3.8) is 0 Å². The summed E-state index contributed by atoms with van der Waals surface area (Å²) in [6.45, 7) is 12.5. The lowest BCUT2D eigenvalue weighted by Crippen LogP contribution is -2.57. The van der Waals surface area contributed by atoms with Crippen molar-refractivity contribution in [1.82, 2.24) is 20.0 Å². The zero-order valence-electron chi connectivity index (χ0n) is 13.5. The summed E-state index contributed by atoms with van der Waals surface area (Å²) >= 11 is 0. The lowest BCUT2D eigenvalue weighted by Gasteiger charge is -2.42. The Balaban J connectivity index is 1.87. The predicted molar refractivity (Wildman–Crippen MR) is 82.0 cm³/mol. The molecule has 0 unspecified atom stereocenters. The van der Waals surface area contributed by atoms with Gasteiger partial charge in [0, 0.05) is 51.4 Å². The number of hydrogen-bond donors (Lipinski definition) is 1. The van der Waals surface area contributed by atoms with Gasteiger partial charge in [-0.2, -0.15) is 0 Å². The number of nitrogens with zero attached hydrogens (tertiary/aromatic N) is 3. The third kappa shape index (κ3) is 4.17. The number of nitrogens with one attached hydrogen (secondary N) is 1. The van der Waals surface area contributed by atoms with E-state index < -0.39 is 0 Å². The van der Waals surface area contributed by atoms with E-state index in [1.807, 2.05) is 0 Å². The van der Waals surface area contributed by atoms with Crippen LogP contribution in [0.15, 0.2) is 0 Å². The summed E-state index contributed by atoms with van der Waals surface area (Å²) in [6.07, 6.45) is 0.914. The van der Waals surface area contributed by atoms with Crippen LogP contribution >= 0.6 is 0 Å². The van der Waals surface area contributed by atoms with Crippen LogP contribution in [0.3, 0.4) is 0 Å². The van der Waals surface area contributed by atoms with Gasteiger partial charge in [0.05, 0.1) is 0 Å². The first-order valence-electron chi connectivity index (χ1n) is 7.93. The summed E-state index contributed by atoms with van der Waals surface area (Å²) in [4.78, 5) is 30.4. The molecule has 0 spiro atoms. The number of carbonyl (C=O) groups excluding carboxylic acids is 2. The molecule has 0 aromatic rings. The lowest BCUT2D eigenvalue weighted by atomic mass is 10.0. The van der Waals surface area contributed by atoms with Crippen LogP contribution in [0.2, 0.25) is 0 Å². The van der Waals surface area contributed by atoms with Crippen molar-refractivity contribution in [2.24, 2.45) is 0 Å². The minimum atomic E-state index is -0.331. The molecule has 0 saturated carbocycles. The van der Waals surface area contributed by atoms with E-state index in [1.54, 1.807) is 9.80 Å². The van der Waals surface area contributed by atoms with Crippen LogP contribution in [0, 0.1) is 0 Å². The Kier molecular flexibility index (Phi) is 5.22. The quantitative estimate of drug-likeness (QED) is 0.627. The summed E-state index contributed by atoms with van der Waals surface area (Å²) < 4.78 is 0. The SMILES string of the molecule is CC(C)(C)N1CCN(C(=O)C(=O)N2CCCNCC2)CC1. The highest BCUT2D eigenvalue weighted by Gasteiger charge is 2.32. The second kappa shape index (κ2) is 6.75. The average Bonchev–Trinajstić information content (AvgIpc) is 2.74. The number of hydrogen-bond acceptors (Lipinski definition) is 4. The standard InChI is InChI=1S/C15H28N4O2/c1-15(2,3)19-11-9-18(10-12-19)14(21)13(20)17-7-4-5-16-6-8-17/h16H,4-12H2,1-3H3. The number of piperazine rings is 1. The van der Waals surface area contributed by atoms with Crippen LogP contribution in [0.1, 0.15) is 27.2 Å². The van der Waals surface area contributed by atoms with Gasteiger partial charge in [-0.15, -0.1) is 0 Å². The molecule has 2 amide bonds. The van der Waals surface area contributed by atoms with Gasteiger partial charge in [-0.1, -0.05) is 0 Å². The molecule has 2 saturated heterocycles. The maximum absolute atomic E-state index is 12.4. The maximum Gasteiger partial charge on any atom is 0.312 e. The monoisotopic (exact) mass is 296 g/mol. The lowest BCUT2D eigenvalue weighted by molar-refractivity contribution is -0.153. The van der Waals surface area contributed by atoms with E-state index in [0.717, 1.165) is 32.6 Å². The van der Waals surface area contributed by atoms with Crippen molar-refractivity contribution in [3.8, 4) is 0 Å². The van der Waals surface area contributed by atoms with Crippen molar-refractivity contribution in [2.75, 3.05) is 52.4 Å². The zero-order chi connectivity index (χ0) is 15.5. The van der Waals surface area contributed by atoms with Gasteiger partial charge < -0.3 is 15.1 Å². The molecular formula is C15H28N4O2. The topological polar surface area (TPSA) is 55.9 Å². The minimum absolute atomic E-state index is 0.121. The largest absolute Gasteiger partial charge is 0.333 e. The normalized spacial score (nSPS) is 22.0. The first kappa shape index (κ1) is 16.2. The molecule has 6 heteroatoms. The van der Waals surface area contributed by atoms with Crippen molar-refractivity contribution in [2.45, 2.75) is 32.7 Å².